The maximum atomic E-state index is 12.6. The molecule has 0 saturated heterocycles. The Hall–Kier alpha value is -3.43. The van der Waals surface area contributed by atoms with Gasteiger partial charge in [0.1, 0.15) is 11.3 Å². The van der Waals surface area contributed by atoms with Gasteiger partial charge in [-0.15, -0.1) is 0 Å². The molecule has 9 heteroatoms. The summed E-state index contributed by atoms with van der Waals surface area (Å²) in [6.45, 7) is 1.43. The molecular weight excluding hydrogens is 408 g/mol. The molecule has 156 valence electrons. The third kappa shape index (κ3) is 4.76. The van der Waals surface area contributed by atoms with Crippen molar-refractivity contribution in [1.29, 1.82) is 0 Å². The van der Waals surface area contributed by atoms with Gasteiger partial charge in [0.05, 0.1) is 12.0 Å². The molecule has 0 spiro atoms. The molecule has 3 N–H and O–H groups in total. The second-order valence-corrected chi connectivity index (χ2v) is 8.07. The number of fused-ring (bicyclic) bond motifs is 1. The maximum Gasteiger partial charge on any atom is 0.342 e. The highest BCUT2D eigenvalue weighted by atomic mass is 32.2. The smallest absolute Gasteiger partial charge is 0.342 e. The number of sulfonamides is 1. The highest BCUT2D eigenvalue weighted by molar-refractivity contribution is 7.89. The number of primary sulfonamides is 1. The number of carbonyl (C=O) groups excluding carboxylic acids is 2. The van der Waals surface area contributed by atoms with Gasteiger partial charge in [0.25, 0.3) is 5.91 Å². The number of carbonyl (C=O) groups is 2. The van der Waals surface area contributed by atoms with Crippen molar-refractivity contribution < 1.29 is 27.5 Å². The Kier molecular flexibility index (Phi) is 6.04. The first-order chi connectivity index (χ1) is 14.2. The van der Waals surface area contributed by atoms with E-state index in [2.05, 4.69) is 5.32 Å². The minimum absolute atomic E-state index is 0.0802. The Morgan fingerprint density at radius 1 is 1.00 bits per heavy atom. The van der Waals surface area contributed by atoms with Gasteiger partial charge >= 0.3 is 5.97 Å². The van der Waals surface area contributed by atoms with Crippen molar-refractivity contribution in [1.82, 2.24) is 0 Å². The predicted octanol–water partition coefficient (Wildman–Crippen LogP) is 2.68. The molecule has 3 rings (SSSR count). The number of anilines is 1. The van der Waals surface area contributed by atoms with E-state index in [1.807, 2.05) is 24.3 Å². The van der Waals surface area contributed by atoms with E-state index in [1.165, 1.54) is 38.3 Å². The standard InChI is InChI=1S/C21H20N2O6S/c1-13(20(24)23-16-7-9-17(10-8-16)30(22,26)27)29-21(25)18-11-14-5-3-4-6-15(14)12-19(18)28-2/h3-13H,1-2H3,(H,23,24)(H2,22,26,27)/t13-/m0/s1. The lowest BCUT2D eigenvalue weighted by atomic mass is 10.1. The van der Waals surface area contributed by atoms with Gasteiger partial charge in [0, 0.05) is 5.69 Å². The fourth-order valence-corrected chi connectivity index (χ4v) is 3.31. The first-order valence-corrected chi connectivity index (χ1v) is 10.4. The molecule has 0 bridgehead atoms. The Morgan fingerprint density at radius 3 is 2.17 bits per heavy atom. The van der Waals surface area contributed by atoms with Gasteiger partial charge in [-0.1, -0.05) is 24.3 Å². The van der Waals surface area contributed by atoms with Crippen LogP contribution in [0.25, 0.3) is 10.8 Å². The molecule has 3 aromatic rings. The summed E-state index contributed by atoms with van der Waals surface area (Å²) in [5, 5.41) is 9.33. The lowest BCUT2D eigenvalue weighted by Crippen LogP contribution is -2.30. The summed E-state index contributed by atoms with van der Waals surface area (Å²) >= 11 is 0. The zero-order chi connectivity index (χ0) is 21.9. The first kappa shape index (κ1) is 21.3. The number of benzene rings is 3. The zero-order valence-corrected chi connectivity index (χ0v) is 17.1. The average molecular weight is 428 g/mol. The van der Waals surface area contributed by atoms with Crippen LogP contribution in [0.1, 0.15) is 17.3 Å². The summed E-state index contributed by atoms with van der Waals surface area (Å²) in [7, 11) is -2.38. The molecule has 0 fully saturated rings. The monoisotopic (exact) mass is 428 g/mol. The van der Waals surface area contributed by atoms with Gasteiger partial charge in [0.2, 0.25) is 10.0 Å². The number of hydrogen-bond acceptors (Lipinski definition) is 6. The molecule has 0 unspecified atom stereocenters. The number of ether oxygens (including phenoxy) is 2. The van der Waals surface area contributed by atoms with Crippen molar-refractivity contribution in [3.63, 3.8) is 0 Å². The number of hydrogen-bond donors (Lipinski definition) is 2. The molecule has 30 heavy (non-hydrogen) atoms. The van der Waals surface area contributed by atoms with Crippen molar-refractivity contribution in [2.24, 2.45) is 5.14 Å². The Balaban J connectivity index is 1.72. The summed E-state index contributed by atoms with van der Waals surface area (Å²) in [6.07, 6.45) is -1.11. The van der Waals surface area contributed by atoms with Crippen LogP contribution in [0.15, 0.2) is 65.6 Å². The molecule has 8 nitrogen and oxygen atoms in total. The van der Waals surface area contributed by atoms with Crippen molar-refractivity contribution in [2.75, 3.05) is 12.4 Å². The summed E-state index contributed by atoms with van der Waals surface area (Å²) in [5.41, 5.74) is 0.534. The largest absolute Gasteiger partial charge is 0.496 e. The third-order valence-electron chi connectivity index (χ3n) is 4.39. The van der Waals surface area contributed by atoms with Gasteiger partial charge in [0.15, 0.2) is 6.10 Å². The van der Waals surface area contributed by atoms with Crippen LogP contribution in [-0.4, -0.2) is 33.5 Å². The van der Waals surface area contributed by atoms with E-state index in [-0.39, 0.29) is 10.5 Å². The third-order valence-corrected chi connectivity index (χ3v) is 5.32. The number of methoxy groups -OCH3 is 1. The van der Waals surface area contributed by atoms with Crippen LogP contribution in [0.2, 0.25) is 0 Å². The van der Waals surface area contributed by atoms with E-state index in [1.54, 1.807) is 12.1 Å². The van der Waals surface area contributed by atoms with E-state index in [0.717, 1.165) is 10.8 Å². The van der Waals surface area contributed by atoms with E-state index in [0.29, 0.717) is 11.4 Å². The van der Waals surface area contributed by atoms with Crippen molar-refractivity contribution in [3.8, 4) is 5.75 Å². The van der Waals surface area contributed by atoms with Crippen molar-refractivity contribution in [3.05, 3.63) is 66.2 Å². The quantitative estimate of drug-likeness (QED) is 0.582. The minimum Gasteiger partial charge on any atom is -0.496 e. The highest BCUT2D eigenvalue weighted by Gasteiger charge is 2.22. The summed E-state index contributed by atoms with van der Waals surface area (Å²) in [6, 6.07) is 16.1. The number of rotatable bonds is 6. The van der Waals surface area contributed by atoms with Crippen LogP contribution < -0.4 is 15.2 Å². The van der Waals surface area contributed by atoms with Gasteiger partial charge in [-0.25, -0.2) is 18.4 Å². The summed E-state index contributed by atoms with van der Waals surface area (Å²) < 4.78 is 33.2. The van der Waals surface area contributed by atoms with E-state index in [4.69, 9.17) is 14.6 Å². The predicted molar refractivity (Wildman–Crippen MR) is 112 cm³/mol. The number of esters is 1. The minimum atomic E-state index is -3.83. The molecule has 0 aliphatic heterocycles. The molecule has 0 heterocycles. The molecule has 0 saturated carbocycles. The summed E-state index contributed by atoms with van der Waals surface area (Å²) in [5.74, 6) is -0.943. The number of nitrogens with two attached hydrogens (primary N) is 1. The van der Waals surface area contributed by atoms with E-state index < -0.39 is 28.0 Å². The number of nitrogens with one attached hydrogen (secondary N) is 1. The van der Waals surface area contributed by atoms with Gasteiger partial charge in [-0.2, -0.15) is 0 Å². The SMILES string of the molecule is COc1cc2ccccc2cc1C(=O)O[C@@H](C)C(=O)Nc1ccc(S(N)(=O)=O)cc1. The van der Waals surface area contributed by atoms with E-state index >= 15 is 0 Å². The van der Waals surface area contributed by atoms with Crippen LogP contribution in [0.5, 0.6) is 5.75 Å². The second-order valence-electron chi connectivity index (χ2n) is 6.51. The van der Waals surface area contributed by atoms with Crippen LogP contribution >= 0.6 is 0 Å². The maximum absolute atomic E-state index is 12.6. The zero-order valence-electron chi connectivity index (χ0n) is 16.3. The van der Waals surface area contributed by atoms with Gasteiger partial charge in [-0.3, -0.25) is 4.79 Å². The van der Waals surface area contributed by atoms with Crippen LogP contribution in [0, 0.1) is 0 Å². The van der Waals surface area contributed by atoms with Crippen molar-refractivity contribution in [2.45, 2.75) is 17.9 Å². The van der Waals surface area contributed by atoms with Gasteiger partial charge < -0.3 is 14.8 Å². The molecule has 1 amide bonds. The topological polar surface area (TPSA) is 125 Å². The molecule has 0 aromatic heterocycles. The fourth-order valence-electron chi connectivity index (χ4n) is 2.80. The molecule has 0 aliphatic rings. The fraction of sp³-hybridized carbons (Fsp3) is 0.143. The summed E-state index contributed by atoms with van der Waals surface area (Å²) in [4.78, 5) is 24.9. The molecular formula is C21H20N2O6S. The van der Waals surface area contributed by atoms with Crippen LogP contribution in [0.4, 0.5) is 5.69 Å². The second kappa shape index (κ2) is 8.52. The molecule has 0 aliphatic carbocycles. The number of amides is 1. The van der Waals surface area contributed by atoms with Gasteiger partial charge in [-0.05, 0) is 54.1 Å². The Morgan fingerprint density at radius 2 is 1.60 bits per heavy atom. The highest BCUT2D eigenvalue weighted by Crippen LogP contribution is 2.27. The molecule has 3 aromatic carbocycles. The first-order valence-electron chi connectivity index (χ1n) is 8.90. The molecule has 0 radical (unpaired) electrons. The lowest BCUT2D eigenvalue weighted by molar-refractivity contribution is -0.123. The average Bonchev–Trinajstić information content (AvgIpc) is 2.72. The van der Waals surface area contributed by atoms with Crippen LogP contribution in [0.3, 0.4) is 0 Å². The van der Waals surface area contributed by atoms with E-state index in [9.17, 15) is 18.0 Å². The normalized spacial score (nSPS) is 12.2. The van der Waals surface area contributed by atoms with Crippen molar-refractivity contribution >= 4 is 38.4 Å². The Labute approximate surface area is 173 Å². The Bertz CT molecular complexity index is 1210. The molecule has 1 atom stereocenters. The lowest BCUT2D eigenvalue weighted by Gasteiger charge is -2.15. The van der Waals surface area contributed by atoms with Crippen LogP contribution in [-0.2, 0) is 19.6 Å².